The summed E-state index contributed by atoms with van der Waals surface area (Å²) in [6.45, 7) is 1.87. The van der Waals surface area contributed by atoms with Crippen LogP contribution in [-0.4, -0.2) is 26.0 Å². The summed E-state index contributed by atoms with van der Waals surface area (Å²) in [6.07, 6.45) is 2.04. The van der Waals surface area contributed by atoms with Gasteiger partial charge in [-0.3, -0.25) is 0 Å². The summed E-state index contributed by atoms with van der Waals surface area (Å²) < 4.78 is 0. The summed E-state index contributed by atoms with van der Waals surface area (Å²) in [5.74, 6) is 0.978. The minimum atomic E-state index is 0.160. The van der Waals surface area contributed by atoms with E-state index in [1.54, 1.807) is 6.20 Å². The highest BCUT2D eigenvalue weighted by Crippen LogP contribution is 2.10. The molecule has 78 valence electrons. The first-order chi connectivity index (χ1) is 7.19. The van der Waals surface area contributed by atoms with E-state index >= 15 is 0 Å². The molecule has 0 fully saturated rings. The molecule has 0 aliphatic heterocycles. The molecule has 0 atom stereocenters. The van der Waals surface area contributed by atoms with Crippen LogP contribution in [0.15, 0.2) is 17.4 Å². The number of hydrogen-bond donors (Lipinski definition) is 3. The number of nitrogens with one attached hydrogen (secondary N) is 1. The van der Waals surface area contributed by atoms with Gasteiger partial charge in [-0.2, -0.15) is 0 Å². The molecule has 0 aliphatic rings. The minimum Gasteiger partial charge on any atom is -0.409 e. The first kappa shape index (κ1) is 9.45. The number of amidine groups is 1. The maximum atomic E-state index is 8.44. The molecule has 0 radical (unpaired) electrons. The largest absolute Gasteiger partial charge is 0.409 e. The van der Waals surface area contributed by atoms with Crippen molar-refractivity contribution in [3.63, 3.8) is 0 Å². The zero-order chi connectivity index (χ0) is 10.8. The average Bonchev–Trinajstić information content (AvgIpc) is 2.57. The van der Waals surface area contributed by atoms with Crippen LogP contribution in [-0.2, 0) is 6.42 Å². The van der Waals surface area contributed by atoms with E-state index in [0.717, 1.165) is 16.9 Å². The number of nitrogens with two attached hydrogens (primary N) is 1. The Morgan fingerprint density at radius 2 is 2.47 bits per heavy atom. The average molecular weight is 205 g/mol. The lowest BCUT2D eigenvalue weighted by molar-refractivity contribution is 0.317. The number of pyridine rings is 1. The first-order valence-corrected chi connectivity index (χ1v) is 4.46. The maximum absolute atomic E-state index is 8.44. The van der Waals surface area contributed by atoms with E-state index in [1.165, 1.54) is 0 Å². The number of imidazole rings is 1. The van der Waals surface area contributed by atoms with Crippen LogP contribution in [0.5, 0.6) is 0 Å². The molecule has 2 aromatic heterocycles. The minimum absolute atomic E-state index is 0.160. The van der Waals surface area contributed by atoms with Gasteiger partial charge >= 0.3 is 0 Å². The second kappa shape index (κ2) is 3.56. The number of oxime groups is 1. The van der Waals surface area contributed by atoms with E-state index in [1.807, 2.05) is 13.0 Å². The molecule has 2 aromatic rings. The standard InChI is InChI=1S/C9H11N5O/c1-5-12-7-2-6(3-8(10)14-15)4-11-9(7)13-5/h2,4,15H,3H2,1H3,(H2,10,14)(H,11,12,13). The highest BCUT2D eigenvalue weighted by atomic mass is 16.4. The molecule has 0 aromatic carbocycles. The molecule has 2 rings (SSSR count). The highest BCUT2D eigenvalue weighted by molar-refractivity contribution is 5.83. The second-order valence-corrected chi connectivity index (χ2v) is 3.31. The van der Waals surface area contributed by atoms with Crippen molar-refractivity contribution in [1.29, 1.82) is 0 Å². The van der Waals surface area contributed by atoms with Gasteiger partial charge in [0.1, 0.15) is 11.7 Å². The zero-order valence-corrected chi connectivity index (χ0v) is 8.23. The predicted octanol–water partition coefficient (Wildman–Crippen LogP) is 0.555. The number of aromatic nitrogens is 3. The molecule has 2 heterocycles. The lowest BCUT2D eigenvalue weighted by atomic mass is 10.2. The number of H-pyrrole nitrogens is 1. The Kier molecular flexibility index (Phi) is 2.24. The molecule has 4 N–H and O–H groups in total. The third kappa shape index (κ3) is 1.88. The fourth-order valence-electron chi connectivity index (χ4n) is 1.40. The molecule has 0 aliphatic carbocycles. The number of fused-ring (bicyclic) bond motifs is 1. The summed E-state index contributed by atoms with van der Waals surface area (Å²) in [5.41, 5.74) is 7.81. The fraction of sp³-hybridized carbons (Fsp3) is 0.222. The lowest BCUT2D eigenvalue weighted by Gasteiger charge is -1.98. The van der Waals surface area contributed by atoms with Crippen molar-refractivity contribution >= 4 is 17.0 Å². The molecule has 15 heavy (non-hydrogen) atoms. The summed E-state index contributed by atoms with van der Waals surface area (Å²) in [4.78, 5) is 11.4. The van der Waals surface area contributed by atoms with Crippen LogP contribution in [0.4, 0.5) is 0 Å². The van der Waals surface area contributed by atoms with Gasteiger partial charge in [0.15, 0.2) is 5.65 Å². The van der Waals surface area contributed by atoms with Crippen molar-refractivity contribution in [1.82, 2.24) is 15.0 Å². The van der Waals surface area contributed by atoms with Crippen LogP contribution in [0.25, 0.3) is 11.2 Å². The second-order valence-electron chi connectivity index (χ2n) is 3.31. The van der Waals surface area contributed by atoms with Crippen LogP contribution >= 0.6 is 0 Å². The number of rotatable bonds is 2. The number of nitrogens with zero attached hydrogens (tertiary/aromatic N) is 3. The van der Waals surface area contributed by atoms with Gasteiger partial charge in [-0.25, -0.2) is 9.97 Å². The molecule has 6 heteroatoms. The van der Waals surface area contributed by atoms with Crippen LogP contribution in [0.3, 0.4) is 0 Å². The number of aryl methyl sites for hydroxylation is 1. The van der Waals surface area contributed by atoms with E-state index in [9.17, 15) is 0 Å². The van der Waals surface area contributed by atoms with E-state index in [-0.39, 0.29) is 5.84 Å². The normalized spacial score (nSPS) is 12.2. The summed E-state index contributed by atoms with van der Waals surface area (Å²) in [7, 11) is 0. The van der Waals surface area contributed by atoms with E-state index in [0.29, 0.717) is 12.1 Å². The number of aromatic amines is 1. The molecule has 0 saturated heterocycles. The van der Waals surface area contributed by atoms with Crippen molar-refractivity contribution < 1.29 is 5.21 Å². The zero-order valence-electron chi connectivity index (χ0n) is 8.23. The van der Waals surface area contributed by atoms with Crippen molar-refractivity contribution in [2.45, 2.75) is 13.3 Å². The van der Waals surface area contributed by atoms with E-state index < -0.39 is 0 Å². The highest BCUT2D eigenvalue weighted by Gasteiger charge is 2.03. The quantitative estimate of drug-likeness (QED) is 0.288. The first-order valence-electron chi connectivity index (χ1n) is 4.46. The Hall–Kier alpha value is -2.11. The fourth-order valence-corrected chi connectivity index (χ4v) is 1.40. The van der Waals surface area contributed by atoms with Gasteiger partial charge in [-0.05, 0) is 18.6 Å². The smallest absolute Gasteiger partial charge is 0.177 e. The molecular formula is C9H11N5O. The van der Waals surface area contributed by atoms with Crippen molar-refractivity contribution in [2.24, 2.45) is 10.9 Å². The van der Waals surface area contributed by atoms with Crippen LogP contribution in [0.1, 0.15) is 11.4 Å². The summed E-state index contributed by atoms with van der Waals surface area (Å²) in [5, 5.41) is 11.3. The van der Waals surface area contributed by atoms with Gasteiger partial charge in [-0.1, -0.05) is 5.16 Å². The van der Waals surface area contributed by atoms with E-state index in [4.69, 9.17) is 10.9 Å². The third-order valence-corrected chi connectivity index (χ3v) is 2.03. The van der Waals surface area contributed by atoms with Gasteiger partial charge in [0, 0.05) is 12.6 Å². The molecule has 0 spiro atoms. The molecule has 0 unspecified atom stereocenters. The van der Waals surface area contributed by atoms with Gasteiger partial charge in [0.05, 0.1) is 5.52 Å². The van der Waals surface area contributed by atoms with Crippen LogP contribution < -0.4 is 5.73 Å². The van der Waals surface area contributed by atoms with Gasteiger partial charge in [0.2, 0.25) is 0 Å². The predicted molar refractivity (Wildman–Crippen MR) is 55.7 cm³/mol. The topological polar surface area (TPSA) is 100 Å². The van der Waals surface area contributed by atoms with Gasteiger partial charge in [0.25, 0.3) is 0 Å². The van der Waals surface area contributed by atoms with Crippen molar-refractivity contribution in [3.8, 4) is 0 Å². The third-order valence-electron chi connectivity index (χ3n) is 2.03. The van der Waals surface area contributed by atoms with Crippen LogP contribution in [0.2, 0.25) is 0 Å². The van der Waals surface area contributed by atoms with Crippen molar-refractivity contribution in [2.75, 3.05) is 0 Å². The maximum Gasteiger partial charge on any atom is 0.177 e. The molecular weight excluding hydrogens is 194 g/mol. The molecule has 0 saturated carbocycles. The lowest BCUT2D eigenvalue weighted by Crippen LogP contribution is -2.14. The van der Waals surface area contributed by atoms with Crippen LogP contribution in [0, 0.1) is 6.92 Å². The van der Waals surface area contributed by atoms with Gasteiger partial charge in [-0.15, -0.1) is 0 Å². The Morgan fingerprint density at radius 1 is 1.67 bits per heavy atom. The Bertz CT molecular complexity index is 516. The molecule has 0 amide bonds. The Balaban J connectivity index is 2.38. The molecule has 6 nitrogen and oxygen atoms in total. The summed E-state index contributed by atoms with van der Waals surface area (Å²) in [6, 6.07) is 1.89. The Morgan fingerprint density at radius 3 is 3.20 bits per heavy atom. The number of hydrogen-bond acceptors (Lipinski definition) is 4. The molecule has 0 bridgehead atoms. The monoisotopic (exact) mass is 205 g/mol. The van der Waals surface area contributed by atoms with E-state index in [2.05, 4.69) is 20.1 Å². The van der Waals surface area contributed by atoms with Gasteiger partial charge < -0.3 is 15.9 Å². The Labute approximate surface area is 85.8 Å². The summed E-state index contributed by atoms with van der Waals surface area (Å²) >= 11 is 0. The SMILES string of the molecule is Cc1nc2ncc(C/C(N)=N/O)cc2[nH]1. The van der Waals surface area contributed by atoms with Crippen molar-refractivity contribution in [3.05, 3.63) is 23.7 Å².